The normalized spacial score (nSPS) is 19.3. The second-order valence-corrected chi connectivity index (χ2v) is 6.36. The van der Waals surface area contributed by atoms with Crippen LogP contribution in [0.5, 0.6) is 0 Å². The van der Waals surface area contributed by atoms with Crippen LogP contribution in [-0.2, 0) is 0 Å². The van der Waals surface area contributed by atoms with Crippen LogP contribution in [0.3, 0.4) is 0 Å². The van der Waals surface area contributed by atoms with Crippen LogP contribution in [0, 0.1) is 5.82 Å². The molecule has 0 fully saturated rings. The van der Waals surface area contributed by atoms with Crippen LogP contribution in [0.2, 0.25) is 0 Å². The third kappa shape index (κ3) is 4.29. The number of alkyl halides is 3. The molecule has 0 bridgehead atoms. The zero-order valence-electron chi connectivity index (χ0n) is 9.97. The van der Waals surface area contributed by atoms with Gasteiger partial charge in [-0.2, -0.15) is 13.2 Å². The van der Waals surface area contributed by atoms with Crippen LogP contribution in [0.1, 0.15) is 18.0 Å². The van der Waals surface area contributed by atoms with E-state index in [2.05, 4.69) is 5.32 Å². The standard InChI is InChI=1S/C12H13F4NS2/c13-9-3-1-2-8-10(4-6-18-11(8)9)17-5-7-19-12(14,15)16/h1-3,10,17H,4-7H2. The minimum absolute atomic E-state index is 0.0300. The van der Waals surface area contributed by atoms with Crippen LogP contribution in [0.15, 0.2) is 23.1 Å². The zero-order valence-corrected chi connectivity index (χ0v) is 11.6. The SMILES string of the molecule is Fc1cccc2c1SCCC2NCCSC(F)(F)F. The van der Waals surface area contributed by atoms with Gasteiger partial charge in [-0.25, -0.2) is 4.39 Å². The molecule has 1 nitrogen and oxygen atoms in total. The fourth-order valence-electron chi connectivity index (χ4n) is 2.00. The van der Waals surface area contributed by atoms with Crippen molar-refractivity contribution in [2.45, 2.75) is 22.9 Å². The van der Waals surface area contributed by atoms with Gasteiger partial charge in [0.25, 0.3) is 0 Å². The molecule has 106 valence electrons. The molecule has 0 saturated heterocycles. The highest BCUT2D eigenvalue weighted by Gasteiger charge is 2.28. The summed E-state index contributed by atoms with van der Waals surface area (Å²) in [5, 5.41) is 3.08. The first-order valence-corrected chi connectivity index (χ1v) is 7.80. The Morgan fingerprint density at radius 3 is 2.89 bits per heavy atom. The monoisotopic (exact) mass is 311 g/mol. The van der Waals surface area contributed by atoms with Crippen molar-refractivity contribution < 1.29 is 17.6 Å². The van der Waals surface area contributed by atoms with Gasteiger partial charge in [0.05, 0.1) is 0 Å². The second-order valence-electron chi connectivity index (χ2n) is 4.10. The molecule has 1 N–H and O–H groups in total. The van der Waals surface area contributed by atoms with Gasteiger partial charge in [0.2, 0.25) is 0 Å². The van der Waals surface area contributed by atoms with Crippen molar-refractivity contribution in [3.63, 3.8) is 0 Å². The van der Waals surface area contributed by atoms with E-state index in [9.17, 15) is 17.6 Å². The Morgan fingerprint density at radius 2 is 2.16 bits per heavy atom. The molecule has 1 aliphatic heterocycles. The van der Waals surface area contributed by atoms with E-state index >= 15 is 0 Å². The largest absolute Gasteiger partial charge is 0.441 e. The number of benzene rings is 1. The summed E-state index contributed by atoms with van der Waals surface area (Å²) in [6.07, 6.45) is 0.803. The number of hydrogen-bond donors (Lipinski definition) is 1. The maximum atomic E-state index is 13.6. The highest BCUT2D eigenvalue weighted by Crippen LogP contribution is 2.37. The maximum Gasteiger partial charge on any atom is 0.441 e. The summed E-state index contributed by atoms with van der Waals surface area (Å²) >= 11 is 1.43. The summed E-state index contributed by atoms with van der Waals surface area (Å²) in [6.45, 7) is 0.259. The zero-order chi connectivity index (χ0) is 13.9. The molecule has 2 rings (SSSR count). The topological polar surface area (TPSA) is 12.0 Å². The molecule has 1 aromatic rings. The predicted molar refractivity (Wildman–Crippen MR) is 71.0 cm³/mol. The third-order valence-corrected chi connectivity index (χ3v) is 4.68. The quantitative estimate of drug-likeness (QED) is 0.661. The maximum absolute atomic E-state index is 13.6. The average molecular weight is 311 g/mol. The average Bonchev–Trinajstić information content (AvgIpc) is 2.34. The number of fused-ring (bicyclic) bond motifs is 1. The van der Waals surface area contributed by atoms with Crippen molar-refractivity contribution in [1.82, 2.24) is 5.32 Å². The van der Waals surface area contributed by atoms with E-state index in [0.717, 1.165) is 17.7 Å². The van der Waals surface area contributed by atoms with Gasteiger partial charge < -0.3 is 5.32 Å². The van der Waals surface area contributed by atoms with E-state index in [4.69, 9.17) is 0 Å². The number of nitrogens with one attached hydrogen (secondary N) is 1. The van der Waals surface area contributed by atoms with Gasteiger partial charge in [0.15, 0.2) is 0 Å². The minimum atomic E-state index is -4.19. The number of hydrogen-bond acceptors (Lipinski definition) is 3. The molecule has 1 aromatic carbocycles. The van der Waals surface area contributed by atoms with Crippen LogP contribution in [0.25, 0.3) is 0 Å². The van der Waals surface area contributed by atoms with E-state index in [1.165, 1.54) is 17.8 Å². The van der Waals surface area contributed by atoms with Crippen LogP contribution < -0.4 is 5.32 Å². The van der Waals surface area contributed by atoms with Crippen LogP contribution >= 0.6 is 23.5 Å². The van der Waals surface area contributed by atoms with Crippen molar-refractivity contribution in [2.75, 3.05) is 18.1 Å². The summed E-state index contributed by atoms with van der Waals surface area (Å²) in [5.74, 6) is 0.495. The van der Waals surface area contributed by atoms with E-state index in [1.54, 1.807) is 6.07 Å². The molecule has 1 aliphatic rings. The number of rotatable bonds is 4. The van der Waals surface area contributed by atoms with E-state index < -0.39 is 5.51 Å². The molecule has 1 heterocycles. The molecule has 19 heavy (non-hydrogen) atoms. The number of thioether (sulfide) groups is 2. The Morgan fingerprint density at radius 1 is 1.37 bits per heavy atom. The molecular formula is C12H13F4NS2. The lowest BCUT2D eigenvalue weighted by atomic mass is 10.0. The smallest absolute Gasteiger partial charge is 0.309 e. The van der Waals surface area contributed by atoms with Crippen molar-refractivity contribution in [1.29, 1.82) is 0 Å². The minimum Gasteiger partial charge on any atom is -0.309 e. The summed E-state index contributed by atoms with van der Waals surface area (Å²) in [5.41, 5.74) is -3.33. The molecule has 0 amide bonds. The lowest BCUT2D eigenvalue weighted by Gasteiger charge is -2.26. The summed E-state index contributed by atoms with van der Waals surface area (Å²) < 4.78 is 49.6. The van der Waals surface area contributed by atoms with Crippen LogP contribution in [-0.4, -0.2) is 23.6 Å². The van der Waals surface area contributed by atoms with Gasteiger partial charge in [-0.3, -0.25) is 0 Å². The Bertz CT molecular complexity index is 436. The Labute approximate surface area is 117 Å². The third-order valence-electron chi connectivity index (χ3n) is 2.78. The highest BCUT2D eigenvalue weighted by atomic mass is 32.2. The van der Waals surface area contributed by atoms with E-state index in [1.807, 2.05) is 6.07 Å². The Kier molecular flexibility index (Phi) is 5.03. The molecule has 0 spiro atoms. The molecule has 0 saturated carbocycles. The summed E-state index contributed by atoms with van der Waals surface area (Å²) in [7, 11) is 0. The van der Waals surface area contributed by atoms with E-state index in [-0.39, 0.29) is 35.9 Å². The first kappa shape index (κ1) is 15.0. The van der Waals surface area contributed by atoms with Crippen molar-refractivity contribution in [3.8, 4) is 0 Å². The van der Waals surface area contributed by atoms with Crippen molar-refractivity contribution >= 4 is 23.5 Å². The van der Waals surface area contributed by atoms with Gasteiger partial charge in [0, 0.05) is 23.2 Å². The molecule has 0 aromatic heterocycles. The fourth-order valence-corrected chi connectivity index (χ4v) is 3.59. The van der Waals surface area contributed by atoms with Crippen molar-refractivity contribution in [3.05, 3.63) is 29.6 Å². The molecule has 0 radical (unpaired) electrons. The lowest BCUT2D eigenvalue weighted by molar-refractivity contribution is -0.0327. The fraction of sp³-hybridized carbons (Fsp3) is 0.500. The first-order valence-electron chi connectivity index (χ1n) is 5.82. The van der Waals surface area contributed by atoms with Crippen molar-refractivity contribution in [2.24, 2.45) is 0 Å². The van der Waals surface area contributed by atoms with Gasteiger partial charge in [-0.1, -0.05) is 12.1 Å². The molecule has 1 unspecified atom stereocenters. The molecule has 1 atom stereocenters. The molecule has 0 aliphatic carbocycles. The molecule has 7 heteroatoms. The lowest BCUT2D eigenvalue weighted by Crippen LogP contribution is -2.27. The van der Waals surface area contributed by atoms with E-state index in [0.29, 0.717) is 4.90 Å². The van der Waals surface area contributed by atoms with Crippen LogP contribution in [0.4, 0.5) is 17.6 Å². The van der Waals surface area contributed by atoms with Gasteiger partial charge in [-0.15, -0.1) is 11.8 Å². The van der Waals surface area contributed by atoms with Gasteiger partial charge >= 0.3 is 5.51 Å². The summed E-state index contributed by atoms with van der Waals surface area (Å²) in [6, 6.07) is 4.83. The summed E-state index contributed by atoms with van der Waals surface area (Å²) in [4.78, 5) is 0.620. The first-order chi connectivity index (χ1) is 8.97. The highest BCUT2D eigenvalue weighted by molar-refractivity contribution is 8.00. The second kappa shape index (κ2) is 6.37. The predicted octanol–water partition coefficient (Wildman–Crippen LogP) is 4.21. The Balaban J connectivity index is 1.91. The molecular weight excluding hydrogens is 298 g/mol. The van der Waals surface area contributed by atoms with Gasteiger partial charge in [0.1, 0.15) is 5.82 Å². The Hall–Kier alpha value is -0.400. The number of halogens is 4. The van der Waals surface area contributed by atoms with Gasteiger partial charge in [-0.05, 0) is 35.6 Å².